The average Bonchev–Trinajstić information content (AvgIpc) is 2.22. The molecule has 1 atom stereocenters. The predicted octanol–water partition coefficient (Wildman–Crippen LogP) is 4.60. The Morgan fingerprint density at radius 2 is 1.22 bits per heavy atom. The third kappa shape index (κ3) is 2.48. The molecule has 0 aromatic rings. The van der Waals surface area contributed by atoms with E-state index in [4.69, 9.17) is 4.74 Å². The van der Waals surface area contributed by atoms with Crippen molar-refractivity contribution in [3.8, 4) is 0 Å². The van der Waals surface area contributed by atoms with Crippen LogP contribution in [0.3, 0.4) is 0 Å². The minimum absolute atomic E-state index is 0.337. The highest BCUT2D eigenvalue weighted by molar-refractivity contribution is 5.71. The van der Waals surface area contributed by atoms with E-state index in [0.717, 1.165) is 0 Å². The largest absolute Gasteiger partial charge is 0.444 e. The number of aliphatic hydroxyl groups is 1. The number of hydrogen-bond donors (Lipinski definition) is 1. The van der Waals surface area contributed by atoms with E-state index in [1.807, 2.05) is 41.5 Å². The van der Waals surface area contributed by atoms with Gasteiger partial charge in [0.05, 0.1) is 11.1 Å². The molecular weight excluding hydrogens is 290 g/mol. The summed E-state index contributed by atoms with van der Waals surface area (Å²) in [6.45, 7) is 23.8. The highest BCUT2D eigenvalue weighted by Crippen LogP contribution is 2.63. The van der Waals surface area contributed by atoms with Crippen LogP contribution in [0, 0.1) is 10.8 Å². The van der Waals surface area contributed by atoms with Gasteiger partial charge in [-0.2, -0.15) is 0 Å². The maximum Gasteiger partial charge on any atom is 0.411 e. The minimum atomic E-state index is -1.09. The zero-order valence-corrected chi connectivity index (χ0v) is 17.2. The lowest BCUT2D eigenvalue weighted by molar-refractivity contribution is -0.273. The van der Waals surface area contributed by atoms with Gasteiger partial charge in [0.2, 0.25) is 0 Å². The van der Waals surface area contributed by atoms with E-state index >= 15 is 0 Å². The van der Waals surface area contributed by atoms with Gasteiger partial charge in [-0.1, -0.05) is 27.7 Å². The van der Waals surface area contributed by atoms with Crippen LogP contribution in [-0.2, 0) is 4.74 Å². The topological polar surface area (TPSA) is 49.8 Å². The van der Waals surface area contributed by atoms with E-state index in [0.29, 0.717) is 0 Å². The highest BCUT2D eigenvalue weighted by Gasteiger charge is 2.71. The van der Waals surface area contributed by atoms with Crippen LogP contribution in [0.15, 0.2) is 0 Å². The van der Waals surface area contributed by atoms with E-state index < -0.39 is 27.7 Å². The first kappa shape index (κ1) is 20.3. The normalized spacial score (nSPS) is 31.6. The number of rotatable bonds is 0. The standard InChI is InChI=1S/C19H37NO3/c1-14(2,3)23-13(21)20-17(8,9)15(4,5)16(6,7)19(12,22)18(20,10)11/h22H,1-12H3/t19-/m0/s1. The maximum atomic E-state index is 13.0. The van der Waals surface area contributed by atoms with Crippen molar-refractivity contribution in [1.82, 2.24) is 4.90 Å². The van der Waals surface area contributed by atoms with Gasteiger partial charge in [0, 0.05) is 11.0 Å². The molecule has 0 aromatic carbocycles. The summed E-state index contributed by atoms with van der Waals surface area (Å²) in [6, 6.07) is 0. The Morgan fingerprint density at radius 1 is 0.826 bits per heavy atom. The molecule has 1 aliphatic rings. The van der Waals surface area contributed by atoms with E-state index in [9.17, 15) is 9.90 Å². The Bertz CT molecular complexity index is 463. The Labute approximate surface area is 142 Å². The van der Waals surface area contributed by atoms with Crippen molar-refractivity contribution in [1.29, 1.82) is 0 Å². The first-order chi connectivity index (χ1) is 9.75. The summed E-state index contributed by atoms with van der Waals surface area (Å²) >= 11 is 0. The van der Waals surface area contributed by atoms with E-state index in [-0.39, 0.29) is 11.5 Å². The molecule has 4 nitrogen and oxygen atoms in total. The summed E-state index contributed by atoms with van der Waals surface area (Å²) in [4.78, 5) is 14.8. The van der Waals surface area contributed by atoms with Crippen molar-refractivity contribution in [2.45, 2.75) is 105 Å². The molecular formula is C19H37NO3. The molecule has 1 N–H and O–H groups in total. The fourth-order valence-electron chi connectivity index (χ4n) is 4.10. The van der Waals surface area contributed by atoms with Gasteiger partial charge >= 0.3 is 6.09 Å². The van der Waals surface area contributed by atoms with Crippen molar-refractivity contribution in [3.63, 3.8) is 0 Å². The molecule has 1 rings (SSSR count). The highest BCUT2D eigenvalue weighted by atomic mass is 16.6. The third-order valence-corrected chi connectivity index (χ3v) is 7.19. The molecule has 1 fully saturated rings. The number of amides is 1. The van der Waals surface area contributed by atoms with Gasteiger partial charge in [-0.25, -0.2) is 4.79 Å². The van der Waals surface area contributed by atoms with Gasteiger partial charge in [-0.15, -0.1) is 0 Å². The molecule has 0 unspecified atom stereocenters. The second-order valence-electron chi connectivity index (χ2n) is 10.3. The molecule has 136 valence electrons. The number of nitrogens with zero attached hydrogens (tertiary/aromatic N) is 1. The maximum absolute atomic E-state index is 13.0. The van der Waals surface area contributed by atoms with Crippen LogP contribution in [-0.4, -0.2) is 38.4 Å². The summed E-state index contributed by atoms with van der Waals surface area (Å²) in [5.74, 6) is 0. The summed E-state index contributed by atoms with van der Waals surface area (Å²) in [5.41, 5.74) is -3.69. The SMILES string of the molecule is CC(C)(C)OC(=O)N1C(C)(C)C(C)(C)C(C)(C)[C@](C)(O)C1(C)C. The second-order valence-corrected chi connectivity index (χ2v) is 10.3. The van der Waals surface area contributed by atoms with Crippen molar-refractivity contribution >= 4 is 6.09 Å². The lowest BCUT2D eigenvalue weighted by atomic mass is 9.45. The van der Waals surface area contributed by atoms with Crippen molar-refractivity contribution in [2.24, 2.45) is 10.8 Å². The monoisotopic (exact) mass is 327 g/mol. The molecule has 23 heavy (non-hydrogen) atoms. The molecule has 0 spiro atoms. The van der Waals surface area contributed by atoms with Crippen LogP contribution < -0.4 is 0 Å². The van der Waals surface area contributed by atoms with Gasteiger partial charge in [0.1, 0.15) is 5.60 Å². The number of ether oxygens (including phenoxy) is 1. The number of piperidine rings is 1. The molecule has 1 saturated heterocycles. The summed E-state index contributed by atoms with van der Waals surface area (Å²) < 4.78 is 5.68. The lowest BCUT2D eigenvalue weighted by Crippen LogP contribution is -2.82. The van der Waals surface area contributed by atoms with Crippen LogP contribution in [0.25, 0.3) is 0 Å². The first-order valence-corrected chi connectivity index (χ1v) is 8.51. The van der Waals surface area contributed by atoms with Gasteiger partial charge in [-0.05, 0) is 60.8 Å². The van der Waals surface area contributed by atoms with Crippen molar-refractivity contribution in [2.75, 3.05) is 0 Å². The van der Waals surface area contributed by atoms with Gasteiger partial charge in [0.15, 0.2) is 0 Å². The van der Waals surface area contributed by atoms with Crippen LogP contribution in [0.5, 0.6) is 0 Å². The zero-order chi connectivity index (χ0) is 18.9. The second kappa shape index (κ2) is 4.87. The predicted molar refractivity (Wildman–Crippen MR) is 94.4 cm³/mol. The molecule has 0 radical (unpaired) electrons. The number of carbonyl (C=O) groups is 1. The number of likely N-dealkylation sites (tertiary alicyclic amines) is 1. The molecule has 0 bridgehead atoms. The molecule has 1 amide bonds. The van der Waals surface area contributed by atoms with Crippen LogP contribution in [0.2, 0.25) is 0 Å². The molecule has 0 saturated carbocycles. The lowest BCUT2D eigenvalue weighted by Gasteiger charge is -2.72. The van der Waals surface area contributed by atoms with Crippen LogP contribution in [0.1, 0.15) is 83.1 Å². The van der Waals surface area contributed by atoms with Crippen LogP contribution >= 0.6 is 0 Å². The Morgan fingerprint density at radius 3 is 1.57 bits per heavy atom. The summed E-state index contributed by atoms with van der Waals surface area (Å²) in [5, 5.41) is 11.5. The van der Waals surface area contributed by atoms with Crippen molar-refractivity contribution < 1.29 is 14.6 Å². The third-order valence-electron chi connectivity index (χ3n) is 7.19. The van der Waals surface area contributed by atoms with E-state index in [2.05, 4.69) is 41.5 Å². The fourth-order valence-corrected chi connectivity index (χ4v) is 4.10. The van der Waals surface area contributed by atoms with E-state index in [1.54, 1.807) is 4.90 Å². The number of carbonyl (C=O) groups excluding carboxylic acids is 1. The molecule has 0 aromatic heterocycles. The molecule has 0 aliphatic carbocycles. The van der Waals surface area contributed by atoms with Gasteiger partial charge in [-0.3, -0.25) is 4.90 Å². The zero-order valence-electron chi connectivity index (χ0n) is 17.2. The Kier molecular flexibility index (Phi) is 4.29. The quantitative estimate of drug-likeness (QED) is 0.707. The van der Waals surface area contributed by atoms with Crippen LogP contribution in [0.4, 0.5) is 4.79 Å². The van der Waals surface area contributed by atoms with E-state index in [1.165, 1.54) is 0 Å². The smallest absolute Gasteiger partial charge is 0.411 e. The molecule has 1 heterocycles. The summed E-state index contributed by atoms with van der Waals surface area (Å²) in [7, 11) is 0. The Hall–Kier alpha value is -0.770. The summed E-state index contributed by atoms with van der Waals surface area (Å²) in [6.07, 6.45) is -0.378. The van der Waals surface area contributed by atoms with Gasteiger partial charge in [0.25, 0.3) is 0 Å². The average molecular weight is 328 g/mol. The number of hydrogen-bond acceptors (Lipinski definition) is 3. The van der Waals surface area contributed by atoms with Crippen molar-refractivity contribution in [3.05, 3.63) is 0 Å². The first-order valence-electron chi connectivity index (χ1n) is 8.51. The molecule has 1 aliphatic heterocycles. The molecule has 4 heteroatoms. The Balaban J connectivity index is 3.60. The minimum Gasteiger partial charge on any atom is -0.444 e. The fraction of sp³-hybridized carbons (Fsp3) is 0.947. The van der Waals surface area contributed by atoms with Gasteiger partial charge < -0.3 is 9.84 Å².